The zero-order valence-corrected chi connectivity index (χ0v) is 21.5. The Balaban J connectivity index is 1.81. The number of nitrogens with zero attached hydrogens (tertiary/aromatic N) is 1. The van der Waals surface area contributed by atoms with Crippen molar-refractivity contribution in [1.82, 2.24) is 10.3 Å². The van der Waals surface area contributed by atoms with Gasteiger partial charge in [0.1, 0.15) is 11.6 Å². The minimum Gasteiger partial charge on any atom is -0.496 e. The molecule has 0 unspecified atom stereocenters. The van der Waals surface area contributed by atoms with Gasteiger partial charge >= 0.3 is 12.1 Å². The summed E-state index contributed by atoms with van der Waals surface area (Å²) in [6.07, 6.45) is -2.22. The molecule has 38 heavy (non-hydrogen) atoms. The number of unbranched alkanes of at least 4 members (excludes halogenated alkanes) is 1. The maximum absolute atomic E-state index is 13.7. The Morgan fingerprint density at radius 3 is 2.53 bits per heavy atom. The van der Waals surface area contributed by atoms with Crippen LogP contribution in [-0.4, -0.2) is 34.8 Å². The largest absolute Gasteiger partial charge is 0.496 e. The van der Waals surface area contributed by atoms with Crippen LogP contribution in [-0.2, 0) is 17.5 Å². The number of carbonyl (C=O) groups excluding carboxylic acids is 1. The van der Waals surface area contributed by atoms with Crippen molar-refractivity contribution in [2.75, 3.05) is 12.9 Å². The molecule has 1 amide bonds. The first-order valence-electron chi connectivity index (χ1n) is 11.6. The third-order valence-corrected chi connectivity index (χ3v) is 6.63. The summed E-state index contributed by atoms with van der Waals surface area (Å²) in [4.78, 5) is 28.1. The summed E-state index contributed by atoms with van der Waals surface area (Å²) in [6.45, 7) is 1.72. The quantitative estimate of drug-likeness (QED) is 0.161. The van der Waals surface area contributed by atoms with Gasteiger partial charge in [-0.25, -0.2) is 4.39 Å². The van der Waals surface area contributed by atoms with Gasteiger partial charge in [0.25, 0.3) is 5.91 Å². The molecule has 0 saturated carbocycles. The van der Waals surface area contributed by atoms with Crippen LogP contribution in [0, 0.1) is 12.7 Å². The maximum Gasteiger partial charge on any atom is 0.416 e. The first-order valence-corrected chi connectivity index (χ1v) is 12.6. The normalized spacial score (nSPS) is 11.3. The van der Waals surface area contributed by atoms with Crippen LogP contribution in [0.2, 0.25) is 0 Å². The molecular formula is C27H26F4N2O4S. The molecule has 3 aromatic rings. The molecule has 0 bridgehead atoms. The number of rotatable bonds is 11. The van der Waals surface area contributed by atoms with Crippen LogP contribution >= 0.6 is 11.8 Å². The average molecular weight is 551 g/mol. The average Bonchev–Trinajstić information content (AvgIpc) is 2.86. The number of carboxylic acids is 1. The van der Waals surface area contributed by atoms with E-state index < -0.39 is 29.4 Å². The number of benzene rings is 2. The topological polar surface area (TPSA) is 88.5 Å². The molecule has 3 rings (SSSR count). The molecule has 0 atom stereocenters. The van der Waals surface area contributed by atoms with Gasteiger partial charge in [0.05, 0.1) is 12.7 Å². The smallest absolute Gasteiger partial charge is 0.416 e. The predicted octanol–water partition coefficient (Wildman–Crippen LogP) is 6.50. The van der Waals surface area contributed by atoms with Crippen molar-refractivity contribution in [2.45, 2.75) is 43.8 Å². The minimum absolute atomic E-state index is 0.0174. The lowest BCUT2D eigenvalue weighted by Crippen LogP contribution is -2.24. The highest BCUT2D eigenvalue weighted by Crippen LogP contribution is 2.35. The number of nitrogens with one attached hydrogen (secondary N) is 1. The number of hydrogen-bond acceptors (Lipinski definition) is 5. The third kappa shape index (κ3) is 7.95. The standard InChI is InChI=1S/C27H26F4N2O4S/c1-16-9-23(22-7-6-20(28)13-24(22)37-2)18(14-32-16)15-33-26(36)17-10-19(27(29,30)31)12-21(11-17)38-8-4-3-5-25(34)35/h6-7,9-14H,3-5,8,15H2,1-2H3,(H,33,36)(H,34,35). The van der Waals surface area contributed by atoms with Crippen molar-refractivity contribution in [3.05, 3.63) is 76.9 Å². The van der Waals surface area contributed by atoms with E-state index in [2.05, 4.69) is 10.3 Å². The van der Waals surface area contributed by atoms with E-state index in [1.165, 1.54) is 31.5 Å². The molecule has 2 N–H and O–H groups in total. The number of carbonyl (C=O) groups is 2. The maximum atomic E-state index is 13.7. The van der Waals surface area contributed by atoms with Crippen LogP contribution in [0.4, 0.5) is 17.6 Å². The number of amides is 1. The number of aliphatic carboxylic acids is 1. The molecule has 0 saturated heterocycles. The van der Waals surface area contributed by atoms with Crippen molar-refractivity contribution in [3.8, 4) is 16.9 Å². The molecule has 2 aromatic carbocycles. The molecule has 0 aliphatic heterocycles. The summed E-state index contributed by atoms with van der Waals surface area (Å²) in [5, 5.41) is 11.4. The number of aromatic nitrogens is 1. The highest BCUT2D eigenvalue weighted by molar-refractivity contribution is 7.99. The summed E-state index contributed by atoms with van der Waals surface area (Å²) < 4.78 is 59.6. The number of aryl methyl sites for hydroxylation is 1. The summed E-state index contributed by atoms with van der Waals surface area (Å²) >= 11 is 1.13. The molecule has 6 nitrogen and oxygen atoms in total. The second-order valence-corrected chi connectivity index (χ2v) is 9.62. The van der Waals surface area contributed by atoms with Gasteiger partial charge in [0.2, 0.25) is 0 Å². The van der Waals surface area contributed by atoms with Crippen molar-refractivity contribution in [1.29, 1.82) is 0 Å². The van der Waals surface area contributed by atoms with Gasteiger partial charge in [-0.3, -0.25) is 14.6 Å². The summed E-state index contributed by atoms with van der Waals surface area (Å²) in [5.74, 6) is -1.43. The van der Waals surface area contributed by atoms with Crippen molar-refractivity contribution in [3.63, 3.8) is 0 Å². The first kappa shape index (κ1) is 29.0. The van der Waals surface area contributed by atoms with Crippen molar-refractivity contribution in [2.24, 2.45) is 0 Å². The van der Waals surface area contributed by atoms with E-state index in [0.717, 1.165) is 23.9 Å². The van der Waals surface area contributed by atoms with E-state index in [1.54, 1.807) is 19.1 Å². The van der Waals surface area contributed by atoms with Crippen molar-refractivity contribution >= 4 is 23.6 Å². The minimum atomic E-state index is -4.65. The number of pyridine rings is 1. The van der Waals surface area contributed by atoms with Gasteiger partial charge in [-0.05, 0) is 73.0 Å². The molecule has 0 fully saturated rings. The number of ether oxygens (including phenoxy) is 1. The fourth-order valence-corrected chi connectivity index (χ4v) is 4.70. The Labute approximate surface area is 221 Å². The highest BCUT2D eigenvalue weighted by atomic mass is 32.2. The molecular weight excluding hydrogens is 524 g/mol. The number of thioether (sulfide) groups is 1. The summed E-state index contributed by atoms with van der Waals surface area (Å²) in [5.41, 5.74) is 1.33. The lowest BCUT2D eigenvalue weighted by molar-refractivity contribution is -0.138. The monoisotopic (exact) mass is 550 g/mol. The number of methoxy groups -OCH3 is 1. The second kappa shape index (κ2) is 12.8. The zero-order valence-electron chi connectivity index (χ0n) is 20.7. The van der Waals surface area contributed by atoms with Crippen molar-refractivity contribution < 1.29 is 37.0 Å². The van der Waals surface area contributed by atoms with Crippen LogP contribution < -0.4 is 10.1 Å². The van der Waals surface area contributed by atoms with Gasteiger partial charge < -0.3 is 15.2 Å². The van der Waals surface area contributed by atoms with E-state index in [0.29, 0.717) is 41.0 Å². The lowest BCUT2D eigenvalue weighted by Gasteiger charge is -2.15. The summed E-state index contributed by atoms with van der Waals surface area (Å²) in [7, 11) is 1.41. The molecule has 0 radical (unpaired) electrons. The fourth-order valence-electron chi connectivity index (χ4n) is 3.69. The Morgan fingerprint density at radius 2 is 1.84 bits per heavy atom. The summed E-state index contributed by atoms with van der Waals surface area (Å²) in [6, 6.07) is 8.95. The van der Waals surface area contributed by atoms with E-state index in [4.69, 9.17) is 9.84 Å². The second-order valence-electron chi connectivity index (χ2n) is 8.45. The van der Waals surface area contributed by atoms with Crippen LogP contribution in [0.1, 0.15) is 46.4 Å². The van der Waals surface area contributed by atoms with Gasteiger partial charge in [-0.2, -0.15) is 13.2 Å². The number of carboxylic acid groups (broad SMARTS) is 1. The molecule has 202 valence electrons. The van der Waals surface area contributed by atoms with Gasteiger partial charge in [0.15, 0.2) is 0 Å². The molecule has 11 heteroatoms. The van der Waals surface area contributed by atoms with E-state index in [1.807, 2.05) is 0 Å². The first-order chi connectivity index (χ1) is 18.0. The Bertz CT molecular complexity index is 1310. The number of hydrogen-bond donors (Lipinski definition) is 2. The molecule has 1 heterocycles. The molecule has 0 aliphatic rings. The fraction of sp³-hybridized carbons (Fsp3) is 0.296. The third-order valence-electron chi connectivity index (χ3n) is 5.57. The van der Waals surface area contributed by atoms with E-state index >= 15 is 0 Å². The Morgan fingerprint density at radius 1 is 1.08 bits per heavy atom. The van der Waals surface area contributed by atoms with Gasteiger partial charge in [-0.15, -0.1) is 11.8 Å². The number of alkyl halides is 3. The zero-order chi connectivity index (χ0) is 27.9. The molecule has 0 spiro atoms. The Hall–Kier alpha value is -3.60. The van der Waals surface area contributed by atoms with E-state index in [-0.39, 0.29) is 29.2 Å². The predicted molar refractivity (Wildman–Crippen MR) is 136 cm³/mol. The lowest BCUT2D eigenvalue weighted by atomic mass is 9.99. The van der Waals surface area contributed by atoms with Gasteiger partial charge in [-0.1, -0.05) is 0 Å². The number of halogens is 4. The van der Waals surface area contributed by atoms with Gasteiger partial charge in [0, 0.05) is 46.9 Å². The highest BCUT2D eigenvalue weighted by Gasteiger charge is 2.32. The Kier molecular flexibility index (Phi) is 9.73. The van der Waals surface area contributed by atoms with Crippen LogP contribution in [0.25, 0.3) is 11.1 Å². The van der Waals surface area contributed by atoms with Crippen LogP contribution in [0.3, 0.4) is 0 Å². The molecule has 0 aliphatic carbocycles. The van der Waals surface area contributed by atoms with E-state index in [9.17, 15) is 27.2 Å². The SMILES string of the molecule is COc1cc(F)ccc1-c1cc(C)ncc1CNC(=O)c1cc(SCCCCC(=O)O)cc(C(F)(F)F)c1. The van der Waals surface area contributed by atoms with Crippen LogP contribution in [0.15, 0.2) is 53.6 Å². The molecule has 1 aromatic heterocycles. The van der Waals surface area contributed by atoms with Crippen LogP contribution in [0.5, 0.6) is 5.75 Å².